The molecule has 124 valence electrons. The molecule has 3 aromatic rings. The zero-order chi connectivity index (χ0) is 17.5. The van der Waals surface area contributed by atoms with Crippen molar-refractivity contribution in [3.63, 3.8) is 0 Å². The van der Waals surface area contributed by atoms with E-state index in [0.717, 1.165) is 12.1 Å². The van der Waals surface area contributed by atoms with Crippen LogP contribution in [0.15, 0.2) is 47.5 Å². The van der Waals surface area contributed by atoms with Crippen molar-refractivity contribution < 1.29 is 22.7 Å². The number of carbonyl (C=O) groups excluding carboxylic acids is 1. The van der Waals surface area contributed by atoms with Gasteiger partial charge in [0.15, 0.2) is 5.78 Å². The molecule has 0 fully saturated rings. The van der Waals surface area contributed by atoms with Crippen LogP contribution in [0.5, 0.6) is 5.75 Å². The molecule has 0 aliphatic rings. The molecule has 0 spiro atoms. The van der Waals surface area contributed by atoms with E-state index in [1.54, 1.807) is 6.07 Å². The summed E-state index contributed by atoms with van der Waals surface area (Å²) in [4.78, 5) is 14.1. The van der Waals surface area contributed by atoms with Gasteiger partial charge in [0.1, 0.15) is 16.5 Å². The van der Waals surface area contributed by atoms with Crippen molar-refractivity contribution in [2.24, 2.45) is 0 Å². The van der Waals surface area contributed by atoms with Gasteiger partial charge in [-0.15, -0.1) is 0 Å². The number of phenolic OH excluding ortho intramolecular Hbond substituents is 1. The van der Waals surface area contributed by atoms with Crippen molar-refractivity contribution in [1.82, 2.24) is 4.98 Å². The lowest BCUT2D eigenvalue weighted by molar-refractivity contribution is 0.101. The Morgan fingerprint density at radius 3 is 2.71 bits per heavy atom. The van der Waals surface area contributed by atoms with E-state index in [0.29, 0.717) is 5.52 Å². The lowest BCUT2D eigenvalue weighted by Crippen LogP contribution is -2.15. The number of benzene rings is 2. The molecule has 6 nitrogen and oxygen atoms in total. The van der Waals surface area contributed by atoms with Gasteiger partial charge in [-0.1, -0.05) is 6.07 Å². The maximum atomic E-state index is 14.0. The minimum Gasteiger partial charge on any atom is -0.508 e. The number of hydrogen-bond acceptors (Lipinski definition) is 4. The second-order valence-electron chi connectivity index (χ2n) is 5.21. The van der Waals surface area contributed by atoms with E-state index in [9.17, 15) is 22.7 Å². The summed E-state index contributed by atoms with van der Waals surface area (Å²) in [7, 11) is -4.14. The number of rotatable bonds is 4. The van der Waals surface area contributed by atoms with E-state index in [1.165, 1.54) is 31.3 Å². The van der Waals surface area contributed by atoms with Gasteiger partial charge in [0, 0.05) is 17.3 Å². The SMILES string of the molecule is CC(=O)c1cc(O)ccc1NS(=O)(=O)c1c[nH]c2cccc(F)c12. The molecule has 0 saturated carbocycles. The van der Waals surface area contributed by atoms with Crippen LogP contribution < -0.4 is 4.72 Å². The number of fused-ring (bicyclic) bond motifs is 1. The highest BCUT2D eigenvalue weighted by Gasteiger charge is 2.23. The molecule has 1 heterocycles. The first-order valence-electron chi connectivity index (χ1n) is 6.92. The minimum atomic E-state index is -4.14. The zero-order valence-electron chi connectivity index (χ0n) is 12.5. The third-order valence-corrected chi connectivity index (χ3v) is 4.92. The molecule has 0 bridgehead atoms. The fourth-order valence-electron chi connectivity index (χ4n) is 2.43. The fourth-order valence-corrected chi connectivity index (χ4v) is 3.70. The molecule has 0 unspecified atom stereocenters. The highest BCUT2D eigenvalue weighted by Crippen LogP contribution is 2.29. The molecule has 0 amide bonds. The van der Waals surface area contributed by atoms with Crippen molar-refractivity contribution in [3.05, 3.63) is 54.0 Å². The molecule has 0 aliphatic heterocycles. The van der Waals surface area contributed by atoms with Crippen LogP contribution >= 0.6 is 0 Å². The van der Waals surface area contributed by atoms with Gasteiger partial charge in [0.2, 0.25) is 0 Å². The van der Waals surface area contributed by atoms with Crippen LogP contribution in [0, 0.1) is 5.82 Å². The Morgan fingerprint density at radius 1 is 1.25 bits per heavy atom. The smallest absolute Gasteiger partial charge is 0.264 e. The first kappa shape index (κ1) is 16.0. The zero-order valence-corrected chi connectivity index (χ0v) is 13.3. The van der Waals surface area contributed by atoms with Crippen molar-refractivity contribution in [2.75, 3.05) is 4.72 Å². The molecular weight excluding hydrogens is 335 g/mol. The van der Waals surface area contributed by atoms with Crippen molar-refractivity contribution in [3.8, 4) is 5.75 Å². The predicted octanol–water partition coefficient (Wildman–Crippen LogP) is 3.02. The number of aromatic amines is 1. The Labute approximate surface area is 137 Å². The summed E-state index contributed by atoms with van der Waals surface area (Å²) in [6.07, 6.45) is 1.18. The van der Waals surface area contributed by atoms with Gasteiger partial charge in [-0.3, -0.25) is 9.52 Å². The van der Waals surface area contributed by atoms with E-state index < -0.39 is 21.6 Å². The molecule has 2 aromatic carbocycles. The molecule has 0 radical (unpaired) electrons. The number of Topliss-reactive ketones (excluding diaryl/α,β-unsaturated/α-hetero) is 1. The molecule has 0 aliphatic carbocycles. The molecule has 3 rings (SSSR count). The van der Waals surface area contributed by atoms with Crippen LogP contribution in [0.3, 0.4) is 0 Å². The van der Waals surface area contributed by atoms with Crippen LogP contribution in [0.25, 0.3) is 10.9 Å². The molecule has 8 heteroatoms. The van der Waals surface area contributed by atoms with E-state index in [2.05, 4.69) is 9.71 Å². The number of anilines is 1. The Bertz CT molecular complexity index is 1060. The number of hydrogen-bond donors (Lipinski definition) is 3. The molecular formula is C16H13FN2O4S. The third kappa shape index (κ3) is 2.71. The summed E-state index contributed by atoms with van der Waals surface area (Å²) in [5.74, 6) is -1.26. The lowest BCUT2D eigenvalue weighted by Gasteiger charge is -2.11. The fraction of sp³-hybridized carbons (Fsp3) is 0.0625. The summed E-state index contributed by atoms with van der Waals surface area (Å²) in [5.41, 5.74) is 0.359. The lowest BCUT2D eigenvalue weighted by atomic mass is 10.1. The standard InChI is InChI=1S/C16H13FN2O4S/c1-9(20)11-7-10(21)5-6-13(11)19-24(22,23)15-8-18-14-4-2-3-12(17)16(14)15/h2-8,18-19,21H,1H3. The van der Waals surface area contributed by atoms with E-state index in [4.69, 9.17) is 0 Å². The molecule has 3 N–H and O–H groups in total. The number of sulfonamides is 1. The molecule has 24 heavy (non-hydrogen) atoms. The summed E-state index contributed by atoms with van der Waals surface area (Å²) in [6.45, 7) is 1.25. The Balaban J connectivity index is 2.11. The number of aromatic nitrogens is 1. The quantitative estimate of drug-likeness (QED) is 0.498. The van der Waals surface area contributed by atoms with Crippen molar-refractivity contribution in [2.45, 2.75) is 11.8 Å². The minimum absolute atomic E-state index is 0.00555. The van der Waals surface area contributed by atoms with Gasteiger partial charge in [0.05, 0.1) is 11.1 Å². The van der Waals surface area contributed by atoms with Crippen molar-refractivity contribution >= 4 is 32.4 Å². The number of halogens is 1. The number of phenols is 1. The third-order valence-electron chi connectivity index (χ3n) is 3.54. The van der Waals surface area contributed by atoms with Gasteiger partial charge < -0.3 is 10.1 Å². The first-order valence-corrected chi connectivity index (χ1v) is 8.40. The molecule has 0 saturated heterocycles. The highest BCUT2D eigenvalue weighted by molar-refractivity contribution is 7.93. The van der Waals surface area contributed by atoms with Gasteiger partial charge in [0.25, 0.3) is 10.0 Å². The largest absolute Gasteiger partial charge is 0.508 e. The highest BCUT2D eigenvalue weighted by atomic mass is 32.2. The molecule has 1 aromatic heterocycles. The summed E-state index contributed by atoms with van der Waals surface area (Å²) >= 11 is 0. The number of nitrogens with one attached hydrogen (secondary N) is 2. The predicted molar refractivity (Wildman–Crippen MR) is 87.2 cm³/mol. The van der Waals surface area contributed by atoms with Gasteiger partial charge in [-0.2, -0.15) is 0 Å². The van der Waals surface area contributed by atoms with E-state index >= 15 is 0 Å². The first-order chi connectivity index (χ1) is 11.3. The monoisotopic (exact) mass is 348 g/mol. The second kappa shape index (κ2) is 5.64. The van der Waals surface area contributed by atoms with Gasteiger partial charge >= 0.3 is 0 Å². The van der Waals surface area contributed by atoms with Gasteiger partial charge in [-0.05, 0) is 37.3 Å². The normalized spacial score (nSPS) is 11.6. The average Bonchev–Trinajstić information content (AvgIpc) is 2.95. The number of carbonyl (C=O) groups is 1. The van der Waals surface area contributed by atoms with E-state index in [1.807, 2.05) is 0 Å². The second-order valence-corrected chi connectivity index (χ2v) is 6.86. The van der Waals surface area contributed by atoms with E-state index in [-0.39, 0.29) is 27.3 Å². The van der Waals surface area contributed by atoms with Crippen LogP contribution in [0.2, 0.25) is 0 Å². The topological polar surface area (TPSA) is 99.3 Å². The maximum Gasteiger partial charge on any atom is 0.264 e. The van der Waals surface area contributed by atoms with Gasteiger partial charge in [-0.25, -0.2) is 12.8 Å². The Kier molecular flexibility index (Phi) is 3.76. The van der Waals surface area contributed by atoms with Crippen LogP contribution in [-0.2, 0) is 10.0 Å². The summed E-state index contributed by atoms with van der Waals surface area (Å²) in [6, 6.07) is 7.87. The maximum absolute atomic E-state index is 14.0. The number of H-pyrrole nitrogens is 1. The Morgan fingerprint density at radius 2 is 2.00 bits per heavy atom. The van der Waals surface area contributed by atoms with Crippen LogP contribution in [0.1, 0.15) is 17.3 Å². The van der Waals surface area contributed by atoms with Crippen LogP contribution in [-0.4, -0.2) is 24.3 Å². The summed E-state index contributed by atoms with van der Waals surface area (Å²) < 4.78 is 41.5. The average molecular weight is 348 g/mol. The van der Waals surface area contributed by atoms with Crippen molar-refractivity contribution in [1.29, 1.82) is 0 Å². The van der Waals surface area contributed by atoms with Crippen LogP contribution in [0.4, 0.5) is 10.1 Å². The number of ketones is 1. The Hall–Kier alpha value is -2.87. The number of aromatic hydroxyl groups is 1. The molecule has 0 atom stereocenters. The summed E-state index contributed by atoms with van der Waals surface area (Å²) in [5, 5.41) is 9.40.